The highest BCUT2D eigenvalue weighted by atomic mass is 19.1. The fourth-order valence-corrected chi connectivity index (χ4v) is 4.11. The number of halogens is 1. The minimum absolute atomic E-state index is 0.0477. The minimum atomic E-state index is -0.999. The molecular formula is C26H36FN3O6. The summed E-state index contributed by atoms with van der Waals surface area (Å²) in [6.45, 7) is 10.1. The number of aromatic nitrogens is 2. The van der Waals surface area contributed by atoms with Gasteiger partial charge in [0.15, 0.2) is 23.1 Å². The molecule has 10 heteroatoms. The fourth-order valence-electron chi connectivity index (χ4n) is 4.11. The third-order valence-corrected chi connectivity index (χ3v) is 5.61. The van der Waals surface area contributed by atoms with E-state index in [9.17, 15) is 9.59 Å². The molecule has 0 aliphatic heterocycles. The third-order valence-electron chi connectivity index (χ3n) is 5.61. The van der Waals surface area contributed by atoms with Crippen LogP contribution in [0, 0.1) is 5.82 Å². The van der Waals surface area contributed by atoms with Crippen LogP contribution in [0.5, 0.6) is 11.5 Å². The first-order valence-electron chi connectivity index (χ1n) is 12.1. The molecule has 3 rings (SSSR count). The lowest BCUT2D eigenvalue weighted by atomic mass is 9.88. The molecule has 198 valence electrons. The quantitative estimate of drug-likeness (QED) is 0.464. The Morgan fingerprint density at radius 1 is 0.917 bits per heavy atom. The van der Waals surface area contributed by atoms with E-state index in [2.05, 4.69) is 9.97 Å². The zero-order valence-electron chi connectivity index (χ0n) is 22.4. The van der Waals surface area contributed by atoms with Crippen LogP contribution in [0.4, 0.5) is 19.8 Å². The van der Waals surface area contributed by atoms with Gasteiger partial charge in [0.2, 0.25) is 0 Å². The molecule has 9 nitrogen and oxygen atoms in total. The Bertz CT molecular complexity index is 1110. The van der Waals surface area contributed by atoms with E-state index in [1.165, 1.54) is 20.3 Å². The number of imide groups is 1. The monoisotopic (exact) mass is 505 g/mol. The van der Waals surface area contributed by atoms with E-state index >= 15 is 4.39 Å². The van der Waals surface area contributed by atoms with E-state index in [1.807, 2.05) is 0 Å². The Balaban J connectivity index is 2.33. The van der Waals surface area contributed by atoms with Crippen LogP contribution in [0.3, 0.4) is 0 Å². The number of hydrogen-bond acceptors (Lipinski definition) is 8. The van der Waals surface area contributed by atoms with E-state index in [1.54, 1.807) is 41.5 Å². The van der Waals surface area contributed by atoms with Gasteiger partial charge in [-0.25, -0.2) is 23.9 Å². The molecule has 1 saturated carbocycles. The van der Waals surface area contributed by atoms with Gasteiger partial charge in [0.25, 0.3) is 0 Å². The molecule has 1 fully saturated rings. The van der Waals surface area contributed by atoms with Gasteiger partial charge in [0.05, 0.1) is 19.6 Å². The van der Waals surface area contributed by atoms with Crippen molar-refractivity contribution in [2.24, 2.45) is 0 Å². The van der Waals surface area contributed by atoms with Crippen LogP contribution in [0.1, 0.15) is 85.4 Å². The summed E-state index contributed by atoms with van der Waals surface area (Å²) in [6.07, 6.45) is 2.70. The first kappa shape index (κ1) is 27.4. The number of hydrogen-bond donors (Lipinski definition) is 0. The number of rotatable bonds is 4. The number of fused-ring (bicyclic) bond motifs is 1. The van der Waals surface area contributed by atoms with Crippen molar-refractivity contribution in [2.45, 2.75) is 90.8 Å². The second-order valence-corrected chi connectivity index (χ2v) is 10.9. The van der Waals surface area contributed by atoms with Crippen LogP contribution < -0.4 is 14.4 Å². The summed E-state index contributed by atoms with van der Waals surface area (Å²) < 4.78 is 37.3. The van der Waals surface area contributed by atoms with Crippen molar-refractivity contribution < 1.29 is 32.9 Å². The molecule has 0 radical (unpaired) electrons. The molecule has 1 aliphatic carbocycles. The number of anilines is 1. The Hall–Kier alpha value is -3.17. The molecular weight excluding hydrogens is 469 g/mol. The van der Waals surface area contributed by atoms with Gasteiger partial charge >= 0.3 is 12.2 Å². The zero-order valence-corrected chi connectivity index (χ0v) is 22.4. The van der Waals surface area contributed by atoms with Crippen LogP contribution in [-0.4, -0.2) is 47.6 Å². The minimum Gasteiger partial charge on any atom is -0.493 e. The average molecular weight is 506 g/mol. The van der Waals surface area contributed by atoms with E-state index in [0.717, 1.165) is 32.1 Å². The number of ether oxygens (including phenoxy) is 4. The summed E-state index contributed by atoms with van der Waals surface area (Å²) in [4.78, 5) is 36.6. The maximum absolute atomic E-state index is 15.7. The summed E-state index contributed by atoms with van der Waals surface area (Å²) >= 11 is 0. The Labute approximate surface area is 211 Å². The Kier molecular flexibility index (Phi) is 7.95. The molecule has 0 spiro atoms. The number of methoxy groups -OCH3 is 2. The standard InChI is InChI=1S/C26H36FN3O6/c1-25(2,3)35-23(31)30(24(32)36-26(4,5)6)22-16-14-17(33-7)20(34-8)18(27)19(16)28-21(29-22)15-12-10-9-11-13-15/h14-15H,9-13H2,1-8H3. The number of carbonyl (C=O) groups is 2. The molecule has 36 heavy (non-hydrogen) atoms. The lowest BCUT2D eigenvalue weighted by Gasteiger charge is -2.29. The Morgan fingerprint density at radius 3 is 1.94 bits per heavy atom. The molecule has 2 amide bonds. The molecule has 0 N–H and O–H groups in total. The molecule has 1 aromatic carbocycles. The second kappa shape index (κ2) is 10.4. The summed E-state index contributed by atoms with van der Waals surface area (Å²) in [5.41, 5.74) is -1.92. The molecule has 0 atom stereocenters. The van der Waals surface area contributed by atoms with Crippen LogP contribution in [-0.2, 0) is 9.47 Å². The highest BCUT2D eigenvalue weighted by Crippen LogP contribution is 2.41. The summed E-state index contributed by atoms with van der Waals surface area (Å²) in [5, 5.41) is 0.0847. The van der Waals surface area contributed by atoms with Crippen LogP contribution in [0.2, 0.25) is 0 Å². The summed E-state index contributed by atoms with van der Waals surface area (Å²) in [7, 11) is 2.68. The molecule has 0 unspecified atom stereocenters. The predicted molar refractivity (Wildman–Crippen MR) is 133 cm³/mol. The molecule has 2 aromatic rings. The van der Waals surface area contributed by atoms with E-state index in [4.69, 9.17) is 18.9 Å². The van der Waals surface area contributed by atoms with Crippen LogP contribution in [0.25, 0.3) is 10.9 Å². The number of nitrogens with zero attached hydrogens (tertiary/aromatic N) is 3. The van der Waals surface area contributed by atoms with Gasteiger partial charge in [-0.3, -0.25) is 0 Å². The molecule has 0 bridgehead atoms. The van der Waals surface area contributed by atoms with Gasteiger partial charge in [-0.2, -0.15) is 4.90 Å². The van der Waals surface area contributed by atoms with Gasteiger partial charge < -0.3 is 18.9 Å². The Morgan fingerprint density at radius 2 is 1.47 bits per heavy atom. The fraction of sp³-hybridized carbons (Fsp3) is 0.615. The van der Waals surface area contributed by atoms with Crippen molar-refractivity contribution in [1.82, 2.24) is 9.97 Å². The maximum Gasteiger partial charge on any atom is 0.425 e. The molecule has 1 heterocycles. The van der Waals surface area contributed by atoms with E-state index in [0.29, 0.717) is 10.7 Å². The van der Waals surface area contributed by atoms with Crippen molar-refractivity contribution in [3.05, 3.63) is 17.7 Å². The molecule has 0 saturated heterocycles. The van der Waals surface area contributed by atoms with Crippen molar-refractivity contribution in [2.75, 3.05) is 19.1 Å². The van der Waals surface area contributed by atoms with Gasteiger partial charge in [-0.1, -0.05) is 19.3 Å². The average Bonchev–Trinajstić information content (AvgIpc) is 2.77. The van der Waals surface area contributed by atoms with Crippen LogP contribution in [0.15, 0.2) is 6.07 Å². The van der Waals surface area contributed by atoms with Crippen LogP contribution >= 0.6 is 0 Å². The van der Waals surface area contributed by atoms with Crippen molar-refractivity contribution in [3.8, 4) is 11.5 Å². The first-order chi connectivity index (χ1) is 16.8. The zero-order chi connectivity index (χ0) is 26.8. The smallest absolute Gasteiger partial charge is 0.425 e. The number of carbonyl (C=O) groups excluding carboxylic acids is 2. The van der Waals surface area contributed by atoms with Crippen molar-refractivity contribution in [1.29, 1.82) is 0 Å². The van der Waals surface area contributed by atoms with Crippen molar-refractivity contribution >= 4 is 28.9 Å². The van der Waals surface area contributed by atoms with Gasteiger partial charge in [-0.05, 0) is 60.5 Å². The number of benzene rings is 1. The van der Waals surface area contributed by atoms with Gasteiger partial charge in [0.1, 0.15) is 22.5 Å². The number of amides is 2. The van der Waals surface area contributed by atoms with Crippen molar-refractivity contribution in [3.63, 3.8) is 0 Å². The summed E-state index contributed by atoms with van der Waals surface area (Å²) in [5.74, 6) is -0.685. The highest BCUT2D eigenvalue weighted by molar-refractivity contribution is 6.13. The predicted octanol–water partition coefficient (Wildman–Crippen LogP) is 6.51. The molecule has 1 aromatic heterocycles. The second-order valence-electron chi connectivity index (χ2n) is 10.9. The summed E-state index contributed by atoms with van der Waals surface area (Å²) in [6, 6.07) is 1.44. The molecule has 1 aliphatic rings. The van der Waals surface area contributed by atoms with Gasteiger partial charge in [0, 0.05) is 5.92 Å². The van der Waals surface area contributed by atoms with E-state index < -0.39 is 29.2 Å². The lowest BCUT2D eigenvalue weighted by Crippen LogP contribution is -2.44. The van der Waals surface area contributed by atoms with Gasteiger partial charge in [-0.15, -0.1) is 0 Å². The first-order valence-corrected chi connectivity index (χ1v) is 12.1. The largest absolute Gasteiger partial charge is 0.493 e. The van der Waals surface area contributed by atoms with E-state index in [-0.39, 0.29) is 34.1 Å². The third kappa shape index (κ3) is 6.14. The topological polar surface area (TPSA) is 100 Å². The maximum atomic E-state index is 15.7. The normalized spacial score (nSPS) is 14.9. The highest BCUT2D eigenvalue weighted by Gasteiger charge is 2.37. The lowest BCUT2D eigenvalue weighted by molar-refractivity contribution is 0.0429. The SMILES string of the molecule is COc1cc2c(N(C(=O)OC(C)(C)C)C(=O)OC(C)(C)C)nc(C3CCCCC3)nc2c(F)c1OC.